The second-order valence-corrected chi connectivity index (χ2v) is 6.25. The molecule has 1 heterocycles. The van der Waals surface area contributed by atoms with Crippen molar-refractivity contribution in [3.63, 3.8) is 0 Å². The Morgan fingerprint density at radius 1 is 1.42 bits per heavy atom. The molecular weight excluding hydrogens is 242 g/mol. The van der Waals surface area contributed by atoms with Gasteiger partial charge in [0.25, 0.3) is 5.91 Å². The molecule has 0 fully saturated rings. The zero-order valence-electron chi connectivity index (χ0n) is 12.7. The van der Waals surface area contributed by atoms with Crippen LogP contribution in [0.3, 0.4) is 0 Å². The van der Waals surface area contributed by atoms with Gasteiger partial charge in [-0.1, -0.05) is 13.8 Å². The molecular formula is C14H25N3O2. The number of rotatable bonds is 4. The zero-order chi connectivity index (χ0) is 14.8. The van der Waals surface area contributed by atoms with E-state index >= 15 is 0 Å². The summed E-state index contributed by atoms with van der Waals surface area (Å²) in [4.78, 5) is 12.0. The molecule has 2 N–H and O–H groups in total. The third-order valence-electron chi connectivity index (χ3n) is 2.85. The fraction of sp³-hybridized carbons (Fsp3) is 0.714. The van der Waals surface area contributed by atoms with Crippen molar-refractivity contribution in [2.24, 2.45) is 0 Å². The number of aliphatic hydroxyl groups is 1. The molecule has 0 radical (unpaired) electrons. The second-order valence-electron chi connectivity index (χ2n) is 6.25. The van der Waals surface area contributed by atoms with Crippen LogP contribution in [0.5, 0.6) is 0 Å². The first kappa shape index (κ1) is 15.7. The summed E-state index contributed by atoms with van der Waals surface area (Å²) in [6.07, 6.45) is 0. The van der Waals surface area contributed by atoms with Crippen LogP contribution in [0.4, 0.5) is 0 Å². The van der Waals surface area contributed by atoms with Crippen molar-refractivity contribution >= 4 is 5.91 Å². The van der Waals surface area contributed by atoms with Crippen molar-refractivity contribution in [1.29, 1.82) is 0 Å². The van der Waals surface area contributed by atoms with Crippen molar-refractivity contribution in [2.45, 2.75) is 59.0 Å². The molecule has 0 bridgehead atoms. The Morgan fingerprint density at radius 2 is 2.00 bits per heavy atom. The molecule has 0 spiro atoms. The van der Waals surface area contributed by atoms with Crippen LogP contribution in [-0.2, 0) is 5.54 Å². The topological polar surface area (TPSA) is 67.2 Å². The lowest BCUT2D eigenvalue weighted by Gasteiger charge is -2.23. The molecule has 5 nitrogen and oxygen atoms in total. The molecule has 5 heteroatoms. The van der Waals surface area contributed by atoms with Gasteiger partial charge in [0.05, 0.1) is 12.1 Å². The summed E-state index contributed by atoms with van der Waals surface area (Å²) >= 11 is 0. The van der Waals surface area contributed by atoms with Gasteiger partial charge in [-0.25, -0.2) is 0 Å². The molecule has 1 atom stereocenters. The maximum atomic E-state index is 12.0. The molecule has 0 aliphatic heterocycles. The minimum absolute atomic E-state index is 0.0806. The molecule has 1 amide bonds. The number of amides is 1. The molecule has 1 aromatic heterocycles. The molecule has 0 saturated carbocycles. The SMILES string of the molecule is CC(CO)NC(=O)c1cc(C(C)C)n(C(C)(C)C)n1. The summed E-state index contributed by atoms with van der Waals surface area (Å²) in [6, 6.07) is 1.56. The number of aromatic nitrogens is 2. The number of carbonyl (C=O) groups excluding carboxylic acids is 1. The molecule has 19 heavy (non-hydrogen) atoms. The lowest BCUT2D eigenvalue weighted by atomic mass is 10.1. The fourth-order valence-electron chi connectivity index (χ4n) is 1.80. The molecule has 1 rings (SSSR count). The van der Waals surface area contributed by atoms with Crippen molar-refractivity contribution in [2.75, 3.05) is 6.61 Å². The van der Waals surface area contributed by atoms with Crippen LogP contribution >= 0.6 is 0 Å². The first-order valence-electron chi connectivity index (χ1n) is 6.69. The summed E-state index contributed by atoms with van der Waals surface area (Å²) in [7, 11) is 0. The van der Waals surface area contributed by atoms with Crippen LogP contribution in [0, 0.1) is 0 Å². The van der Waals surface area contributed by atoms with Gasteiger partial charge in [0.1, 0.15) is 5.69 Å². The van der Waals surface area contributed by atoms with Crippen LogP contribution < -0.4 is 5.32 Å². The second kappa shape index (κ2) is 5.74. The quantitative estimate of drug-likeness (QED) is 0.875. The molecule has 1 aromatic rings. The lowest BCUT2D eigenvalue weighted by Crippen LogP contribution is -2.35. The van der Waals surface area contributed by atoms with Crippen molar-refractivity contribution in [3.05, 3.63) is 17.5 Å². The molecule has 0 saturated heterocycles. The summed E-state index contributed by atoms with van der Waals surface area (Å²) in [5.41, 5.74) is 1.27. The Morgan fingerprint density at radius 3 is 2.37 bits per heavy atom. The summed E-state index contributed by atoms with van der Waals surface area (Å²) in [6.45, 7) is 12.0. The van der Waals surface area contributed by atoms with Gasteiger partial charge >= 0.3 is 0 Å². The van der Waals surface area contributed by atoms with E-state index in [1.807, 2.05) is 10.7 Å². The minimum Gasteiger partial charge on any atom is -0.394 e. The Bertz CT molecular complexity index is 444. The average Bonchev–Trinajstić information content (AvgIpc) is 2.73. The van der Waals surface area contributed by atoms with E-state index in [9.17, 15) is 4.79 Å². The van der Waals surface area contributed by atoms with E-state index in [0.717, 1.165) is 5.69 Å². The number of carbonyl (C=O) groups is 1. The summed E-state index contributed by atoms with van der Waals surface area (Å²) in [5, 5.41) is 16.1. The number of hydrogen-bond acceptors (Lipinski definition) is 3. The van der Waals surface area contributed by atoms with Gasteiger partial charge in [-0.2, -0.15) is 5.10 Å². The maximum absolute atomic E-state index is 12.0. The molecule has 108 valence electrons. The van der Waals surface area contributed by atoms with Gasteiger partial charge in [-0.15, -0.1) is 0 Å². The van der Waals surface area contributed by atoms with Crippen LogP contribution in [0.2, 0.25) is 0 Å². The standard InChI is InChI=1S/C14H25N3O2/c1-9(2)12-7-11(13(19)15-10(3)8-18)16-17(12)14(4,5)6/h7,9-10,18H,8H2,1-6H3,(H,15,19). The van der Waals surface area contributed by atoms with E-state index in [4.69, 9.17) is 5.11 Å². The third kappa shape index (κ3) is 3.80. The van der Waals surface area contributed by atoms with E-state index in [-0.39, 0.29) is 24.1 Å². The van der Waals surface area contributed by atoms with E-state index < -0.39 is 0 Å². The van der Waals surface area contributed by atoms with Gasteiger partial charge < -0.3 is 10.4 Å². The van der Waals surface area contributed by atoms with Gasteiger partial charge in [0.15, 0.2) is 0 Å². The number of aliphatic hydroxyl groups excluding tert-OH is 1. The average molecular weight is 267 g/mol. The highest BCUT2D eigenvalue weighted by atomic mass is 16.3. The van der Waals surface area contributed by atoms with Crippen molar-refractivity contribution < 1.29 is 9.90 Å². The highest BCUT2D eigenvalue weighted by molar-refractivity contribution is 5.92. The van der Waals surface area contributed by atoms with E-state index in [2.05, 4.69) is 45.0 Å². The van der Waals surface area contributed by atoms with Gasteiger partial charge in [0, 0.05) is 11.7 Å². The number of nitrogens with zero attached hydrogens (tertiary/aromatic N) is 2. The highest BCUT2D eigenvalue weighted by Crippen LogP contribution is 2.23. The van der Waals surface area contributed by atoms with Crippen molar-refractivity contribution in [3.8, 4) is 0 Å². The molecule has 0 aliphatic rings. The number of hydrogen-bond donors (Lipinski definition) is 2. The van der Waals surface area contributed by atoms with Gasteiger partial charge in [0.2, 0.25) is 0 Å². The van der Waals surface area contributed by atoms with E-state index in [1.165, 1.54) is 0 Å². The Balaban J connectivity index is 3.08. The molecule has 0 aromatic carbocycles. The van der Waals surface area contributed by atoms with Gasteiger partial charge in [-0.05, 0) is 39.7 Å². The maximum Gasteiger partial charge on any atom is 0.272 e. The minimum atomic E-state index is -0.269. The number of nitrogens with one attached hydrogen (secondary N) is 1. The summed E-state index contributed by atoms with van der Waals surface area (Å²) in [5.74, 6) is 0.0509. The predicted molar refractivity (Wildman–Crippen MR) is 75.3 cm³/mol. The van der Waals surface area contributed by atoms with Crippen LogP contribution in [-0.4, -0.2) is 33.4 Å². The van der Waals surface area contributed by atoms with E-state index in [1.54, 1.807) is 6.92 Å². The Kier molecular flexibility index (Phi) is 4.74. The largest absolute Gasteiger partial charge is 0.394 e. The molecule has 0 aliphatic carbocycles. The van der Waals surface area contributed by atoms with Crippen LogP contribution in [0.15, 0.2) is 6.07 Å². The van der Waals surface area contributed by atoms with Crippen LogP contribution in [0.25, 0.3) is 0 Å². The Hall–Kier alpha value is -1.36. The summed E-state index contributed by atoms with van der Waals surface area (Å²) < 4.78 is 1.90. The normalized spacial score (nSPS) is 13.7. The van der Waals surface area contributed by atoms with Crippen LogP contribution in [0.1, 0.15) is 63.6 Å². The van der Waals surface area contributed by atoms with Crippen molar-refractivity contribution in [1.82, 2.24) is 15.1 Å². The lowest BCUT2D eigenvalue weighted by molar-refractivity contribution is 0.0915. The first-order chi connectivity index (χ1) is 8.66. The zero-order valence-corrected chi connectivity index (χ0v) is 12.7. The molecule has 1 unspecified atom stereocenters. The first-order valence-corrected chi connectivity index (χ1v) is 6.69. The smallest absolute Gasteiger partial charge is 0.272 e. The highest BCUT2D eigenvalue weighted by Gasteiger charge is 2.23. The predicted octanol–water partition coefficient (Wildman–Crippen LogP) is 1.87. The van der Waals surface area contributed by atoms with Gasteiger partial charge in [-0.3, -0.25) is 9.48 Å². The Labute approximate surface area is 115 Å². The van der Waals surface area contributed by atoms with E-state index in [0.29, 0.717) is 11.6 Å². The monoisotopic (exact) mass is 267 g/mol. The third-order valence-corrected chi connectivity index (χ3v) is 2.85. The fourth-order valence-corrected chi connectivity index (χ4v) is 1.80.